The Kier molecular flexibility index (Phi) is 6.37. The molecule has 0 spiro atoms. The second-order valence-electron chi connectivity index (χ2n) is 5.21. The zero-order valence-corrected chi connectivity index (χ0v) is 13.6. The summed E-state index contributed by atoms with van der Waals surface area (Å²) in [5.74, 6) is 0.736. The SMILES string of the molecule is Cl.O=C(NCCCNc1ccccn1)c1n[nH]c2c1CNCC2. The molecule has 0 fully saturated rings. The number of hydrogen-bond donors (Lipinski definition) is 4. The third-order valence-electron chi connectivity index (χ3n) is 3.63. The van der Waals surface area contributed by atoms with E-state index in [0.29, 0.717) is 18.8 Å². The highest BCUT2D eigenvalue weighted by molar-refractivity contribution is 5.94. The summed E-state index contributed by atoms with van der Waals surface area (Å²) in [4.78, 5) is 16.3. The monoisotopic (exact) mass is 336 g/mol. The van der Waals surface area contributed by atoms with Gasteiger partial charge in [0.15, 0.2) is 5.69 Å². The second-order valence-corrected chi connectivity index (χ2v) is 5.21. The zero-order valence-electron chi connectivity index (χ0n) is 12.8. The highest BCUT2D eigenvalue weighted by atomic mass is 35.5. The highest BCUT2D eigenvalue weighted by Gasteiger charge is 2.20. The average Bonchev–Trinajstić information content (AvgIpc) is 2.99. The number of hydrogen-bond acceptors (Lipinski definition) is 5. The minimum Gasteiger partial charge on any atom is -0.370 e. The minimum absolute atomic E-state index is 0. The molecule has 1 aliphatic rings. The normalized spacial score (nSPS) is 12.9. The van der Waals surface area contributed by atoms with Gasteiger partial charge in [-0.25, -0.2) is 4.98 Å². The van der Waals surface area contributed by atoms with Gasteiger partial charge in [0, 0.05) is 50.1 Å². The number of aromatic nitrogens is 3. The van der Waals surface area contributed by atoms with Gasteiger partial charge in [-0.15, -0.1) is 12.4 Å². The van der Waals surface area contributed by atoms with E-state index in [4.69, 9.17) is 0 Å². The van der Waals surface area contributed by atoms with Crippen molar-refractivity contribution in [3.63, 3.8) is 0 Å². The number of rotatable bonds is 6. The summed E-state index contributed by atoms with van der Waals surface area (Å²) in [6, 6.07) is 5.73. The quantitative estimate of drug-likeness (QED) is 0.593. The molecule has 0 unspecified atom stereocenters. The summed E-state index contributed by atoms with van der Waals surface area (Å²) < 4.78 is 0. The van der Waals surface area contributed by atoms with Crippen molar-refractivity contribution in [2.45, 2.75) is 19.4 Å². The molecule has 4 N–H and O–H groups in total. The lowest BCUT2D eigenvalue weighted by Crippen LogP contribution is -2.29. The molecule has 0 bridgehead atoms. The van der Waals surface area contributed by atoms with Gasteiger partial charge in [0.2, 0.25) is 0 Å². The van der Waals surface area contributed by atoms with Gasteiger partial charge >= 0.3 is 0 Å². The van der Waals surface area contributed by atoms with E-state index in [1.807, 2.05) is 18.2 Å². The van der Waals surface area contributed by atoms with Crippen molar-refractivity contribution in [2.24, 2.45) is 0 Å². The molecule has 3 rings (SSSR count). The smallest absolute Gasteiger partial charge is 0.272 e. The molecular formula is C15H21ClN6O. The summed E-state index contributed by atoms with van der Waals surface area (Å²) in [5.41, 5.74) is 2.58. The number of nitrogens with one attached hydrogen (secondary N) is 4. The number of pyridine rings is 1. The number of anilines is 1. The molecular weight excluding hydrogens is 316 g/mol. The molecule has 23 heavy (non-hydrogen) atoms. The summed E-state index contributed by atoms with van der Waals surface area (Å²) >= 11 is 0. The van der Waals surface area contributed by atoms with Crippen LogP contribution in [0.5, 0.6) is 0 Å². The lowest BCUT2D eigenvalue weighted by molar-refractivity contribution is 0.0947. The van der Waals surface area contributed by atoms with E-state index in [0.717, 1.165) is 43.0 Å². The Hall–Kier alpha value is -2.12. The van der Waals surface area contributed by atoms with E-state index in [2.05, 4.69) is 31.1 Å². The first-order valence-electron chi connectivity index (χ1n) is 7.54. The molecule has 0 aliphatic carbocycles. The van der Waals surface area contributed by atoms with Crippen molar-refractivity contribution in [3.8, 4) is 0 Å². The van der Waals surface area contributed by atoms with Gasteiger partial charge in [-0.1, -0.05) is 6.07 Å². The van der Waals surface area contributed by atoms with Gasteiger partial charge in [-0.05, 0) is 18.6 Å². The second kappa shape index (κ2) is 8.50. The van der Waals surface area contributed by atoms with E-state index < -0.39 is 0 Å². The number of aromatic amines is 1. The lowest BCUT2D eigenvalue weighted by atomic mass is 10.1. The van der Waals surface area contributed by atoms with E-state index in [9.17, 15) is 4.79 Å². The van der Waals surface area contributed by atoms with E-state index >= 15 is 0 Å². The van der Waals surface area contributed by atoms with Gasteiger partial charge in [0.05, 0.1) is 0 Å². The fourth-order valence-electron chi connectivity index (χ4n) is 2.47. The van der Waals surface area contributed by atoms with Crippen molar-refractivity contribution < 1.29 is 4.79 Å². The Bertz CT molecular complexity index is 630. The molecule has 0 saturated heterocycles. The molecule has 2 aromatic heterocycles. The fraction of sp³-hybridized carbons (Fsp3) is 0.400. The Balaban J connectivity index is 0.00000192. The van der Waals surface area contributed by atoms with Crippen molar-refractivity contribution in [1.82, 2.24) is 25.8 Å². The third-order valence-corrected chi connectivity index (χ3v) is 3.63. The first kappa shape index (κ1) is 17.2. The van der Waals surface area contributed by atoms with Gasteiger partial charge in [-0.3, -0.25) is 9.89 Å². The van der Waals surface area contributed by atoms with Gasteiger partial charge in [0.25, 0.3) is 5.91 Å². The first-order chi connectivity index (χ1) is 10.8. The fourth-order valence-corrected chi connectivity index (χ4v) is 2.47. The first-order valence-corrected chi connectivity index (χ1v) is 7.54. The maximum Gasteiger partial charge on any atom is 0.272 e. The molecule has 0 atom stereocenters. The highest BCUT2D eigenvalue weighted by Crippen LogP contribution is 2.14. The van der Waals surface area contributed by atoms with Gasteiger partial charge < -0.3 is 16.0 Å². The number of carbonyl (C=O) groups is 1. The molecule has 0 radical (unpaired) electrons. The largest absolute Gasteiger partial charge is 0.370 e. The zero-order chi connectivity index (χ0) is 15.2. The molecule has 8 heteroatoms. The number of carbonyl (C=O) groups excluding carboxylic acids is 1. The number of nitrogens with zero attached hydrogens (tertiary/aromatic N) is 2. The number of H-pyrrole nitrogens is 1. The van der Waals surface area contributed by atoms with E-state index in [-0.39, 0.29) is 18.3 Å². The van der Waals surface area contributed by atoms with Crippen LogP contribution in [0.25, 0.3) is 0 Å². The average molecular weight is 337 g/mol. The Labute approximate surface area is 141 Å². The number of fused-ring (bicyclic) bond motifs is 1. The van der Waals surface area contributed by atoms with Crippen LogP contribution in [0.15, 0.2) is 24.4 Å². The number of amides is 1. The van der Waals surface area contributed by atoms with Crippen LogP contribution in [0.1, 0.15) is 28.2 Å². The van der Waals surface area contributed by atoms with Crippen LogP contribution in [0.4, 0.5) is 5.82 Å². The predicted octanol–water partition coefficient (Wildman–Crippen LogP) is 1.10. The van der Waals surface area contributed by atoms with Crippen molar-refractivity contribution in [1.29, 1.82) is 0 Å². The van der Waals surface area contributed by atoms with Crippen LogP contribution in [0, 0.1) is 0 Å². The Morgan fingerprint density at radius 1 is 1.30 bits per heavy atom. The summed E-state index contributed by atoms with van der Waals surface area (Å²) in [7, 11) is 0. The van der Waals surface area contributed by atoms with Crippen LogP contribution in [-0.4, -0.2) is 40.7 Å². The standard InChI is InChI=1S/C15H20N6O.ClH/c22-15(14-11-10-16-9-5-12(11)20-21-14)19-8-3-7-18-13-4-1-2-6-17-13;/h1-2,4,6,16H,3,5,7-10H2,(H,17,18)(H,19,22)(H,20,21);1H. The Morgan fingerprint density at radius 2 is 2.22 bits per heavy atom. The van der Waals surface area contributed by atoms with Crippen molar-refractivity contribution in [2.75, 3.05) is 25.0 Å². The predicted molar refractivity (Wildman–Crippen MR) is 90.9 cm³/mol. The molecule has 0 saturated carbocycles. The van der Waals surface area contributed by atoms with Crippen molar-refractivity contribution in [3.05, 3.63) is 41.3 Å². The van der Waals surface area contributed by atoms with E-state index in [1.54, 1.807) is 6.20 Å². The van der Waals surface area contributed by atoms with Crippen molar-refractivity contribution >= 4 is 24.1 Å². The maximum atomic E-state index is 12.2. The molecule has 2 aromatic rings. The molecule has 1 amide bonds. The van der Waals surface area contributed by atoms with Gasteiger partial charge in [-0.2, -0.15) is 5.10 Å². The Morgan fingerprint density at radius 3 is 3.04 bits per heavy atom. The van der Waals surface area contributed by atoms with Crippen LogP contribution >= 0.6 is 12.4 Å². The van der Waals surface area contributed by atoms with E-state index in [1.165, 1.54) is 0 Å². The van der Waals surface area contributed by atoms with Crippen LogP contribution in [0.2, 0.25) is 0 Å². The number of halogens is 1. The summed E-state index contributed by atoms with van der Waals surface area (Å²) in [6.45, 7) is 3.00. The summed E-state index contributed by atoms with van der Waals surface area (Å²) in [5, 5.41) is 16.5. The molecule has 124 valence electrons. The van der Waals surface area contributed by atoms with Gasteiger partial charge in [0.1, 0.15) is 5.82 Å². The lowest BCUT2D eigenvalue weighted by Gasteiger charge is -2.12. The molecule has 1 aliphatic heterocycles. The maximum absolute atomic E-state index is 12.2. The topological polar surface area (TPSA) is 94.7 Å². The molecule has 3 heterocycles. The van der Waals surface area contributed by atoms with Crippen LogP contribution in [0.3, 0.4) is 0 Å². The summed E-state index contributed by atoms with van der Waals surface area (Å²) in [6.07, 6.45) is 3.47. The minimum atomic E-state index is -0.112. The molecule has 0 aromatic carbocycles. The molecule has 7 nitrogen and oxygen atoms in total. The third kappa shape index (κ3) is 4.43. The van der Waals surface area contributed by atoms with Crippen LogP contribution < -0.4 is 16.0 Å². The van der Waals surface area contributed by atoms with Crippen LogP contribution in [-0.2, 0) is 13.0 Å².